The van der Waals surface area contributed by atoms with E-state index < -0.39 is 0 Å². The van der Waals surface area contributed by atoms with Gasteiger partial charge in [-0.05, 0) is 49.7 Å². The fourth-order valence-electron chi connectivity index (χ4n) is 3.21. The molecule has 0 aliphatic heterocycles. The summed E-state index contributed by atoms with van der Waals surface area (Å²) in [7, 11) is 1.80. The monoisotopic (exact) mass is 388 g/mol. The molecule has 0 saturated heterocycles. The van der Waals surface area contributed by atoms with Crippen LogP contribution in [0.1, 0.15) is 13.8 Å². The molecule has 6 heteroatoms. The van der Waals surface area contributed by atoms with E-state index in [1.807, 2.05) is 44.2 Å². The lowest BCUT2D eigenvalue weighted by molar-refractivity contribution is 0.245. The van der Waals surface area contributed by atoms with Crippen LogP contribution < -0.4 is 10.1 Å². The highest BCUT2D eigenvalue weighted by Gasteiger charge is 2.17. The summed E-state index contributed by atoms with van der Waals surface area (Å²) in [5.74, 6) is 1.48. The summed E-state index contributed by atoms with van der Waals surface area (Å²) < 4.78 is 20.5. The Morgan fingerprint density at radius 3 is 2.52 bits per heavy atom. The fraction of sp³-hybridized carbons (Fsp3) is 0.174. The number of nitrogens with one attached hydrogen (secondary N) is 1. The van der Waals surface area contributed by atoms with E-state index in [4.69, 9.17) is 9.72 Å². The van der Waals surface area contributed by atoms with Crippen molar-refractivity contribution in [3.63, 3.8) is 0 Å². The lowest BCUT2D eigenvalue weighted by Gasteiger charge is -2.16. The Balaban J connectivity index is 2.00. The Kier molecular flexibility index (Phi) is 5.08. The summed E-state index contributed by atoms with van der Waals surface area (Å²) >= 11 is 0. The van der Waals surface area contributed by atoms with Gasteiger partial charge in [-0.1, -0.05) is 18.2 Å². The topological polar surface area (TPSA) is 59.9 Å². The molecule has 2 heterocycles. The SMILES string of the molecule is CNc1nc(-c2cccnc2)nc2c(OC(C)C)cc(-c3ccccc3F)cc12. The summed E-state index contributed by atoms with van der Waals surface area (Å²) in [4.78, 5) is 13.6. The summed E-state index contributed by atoms with van der Waals surface area (Å²) in [6, 6.07) is 14.2. The molecule has 4 aromatic rings. The van der Waals surface area contributed by atoms with Crippen LogP contribution in [-0.4, -0.2) is 28.1 Å². The van der Waals surface area contributed by atoms with Gasteiger partial charge in [0, 0.05) is 36.0 Å². The minimum atomic E-state index is -0.291. The van der Waals surface area contributed by atoms with Gasteiger partial charge in [-0.25, -0.2) is 14.4 Å². The van der Waals surface area contributed by atoms with Gasteiger partial charge in [0.25, 0.3) is 0 Å². The second-order valence-electron chi connectivity index (χ2n) is 6.90. The summed E-state index contributed by atoms with van der Waals surface area (Å²) in [5.41, 5.74) is 2.68. The Hall–Kier alpha value is -3.54. The van der Waals surface area contributed by atoms with Crippen molar-refractivity contribution in [1.82, 2.24) is 15.0 Å². The van der Waals surface area contributed by atoms with Crippen molar-refractivity contribution in [2.45, 2.75) is 20.0 Å². The highest BCUT2D eigenvalue weighted by atomic mass is 19.1. The molecule has 1 N–H and O–H groups in total. The third-order valence-corrected chi connectivity index (χ3v) is 4.47. The number of hydrogen-bond acceptors (Lipinski definition) is 5. The van der Waals surface area contributed by atoms with Gasteiger partial charge in [0.15, 0.2) is 5.82 Å². The van der Waals surface area contributed by atoms with Crippen LogP contribution in [0.4, 0.5) is 10.2 Å². The zero-order valence-electron chi connectivity index (χ0n) is 16.5. The molecule has 2 aromatic heterocycles. The molecule has 0 radical (unpaired) electrons. The molecular weight excluding hydrogens is 367 g/mol. The van der Waals surface area contributed by atoms with Crippen LogP contribution in [0.15, 0.2) is 60.9 Å². The van der Waals surface area contributed by atoms with E-state index in [1.54, 1.807) is 31.6 Å². The number of halogens is 1. The minimum Gasteiger partial charge on any atom is -0.489 e. The normalized spacial score (nSPS) is 11.1. The Bertz CT molecular complexity index is 1160. The number of nitrogens with zero attached hydrogens (tertiary/aromatic N) is 3. The molecule has 0 aliphatic carbocycles. The van der Waals surface area contributed by atoms with E-state index in [0.29, 0.717) is 34.0 Å². The van der Waals surface area contributed by atoms with Gasteiger partial charge in [0.05, 0.1) is 6.10 Å². The number of aromatic nitrogens is 3. The second kappa shape index (κ2) is 7.83. The van der Waals surface area contributed by atoms with Crippen molar-refractivity contribution in [3.8, 4) is 28.3 Å². The number of rotatable bonds is 5. The van der Waals surface area contributed by atoms with E-state index in [9.17, 15) is 4.39 Å². The number of benzene rings is 2. The van der Waals surface area contributed by atoms with Crippen molar-refractivity contribution in [3.05, 3.63) is 66.7 Å². The number of ether oxygens (including phenoxy) is 1. The predicted molar refractivity (Wildman–Crippen MR) is 113 cm³/mol. The van der Waals surface area contributed by atoms with Crippen molar-refractivity contribution in [1.29, 1.82) is 0 Å². The fourth-order valence-corrected chi connectivity index (χ4v) is 3.21. The number of hydrogen-bond donors (Lipinski definition) is 1. The average molecular weight is 388 g/mol. The predicted octanol–water partition coefficient (Wildman–Crippen LogP) is 5.33. The molecule has 2 aromatic carbocycles. The summed E-state index contributed by atoms with van der Waals surface area (Å²) in [6.45, 7) is 3.90. The smallest absolute Gasteiger partial charge is 0.163 e. The van der Waals surface area contributed by atoms with Crippen molar-refractivity contribution in [2.24, 2.45) is 0 Å². The second-order valence-corrected chi connectivity index (χ2v) is 6.90. The number of pyridine rings is 1. The molecule has 0 amide bonds. The van der Waals surface area contributed by atoms with Crippen molar-refractivity contribution < 1.29 is 9.13 Å². The molecule has 0 unspecified atom stereocenters. The largest absolute Gasteiger partial charge is 0.489 e. The van der Waals surface area contributed by atoms with Crippen LogP contribution in [0.25, 0.3) is 33.4 Å². The number of fused-ring (bicyclic) bond motifs is 1. The van der Waals surface area contributed by atoms with E-state index in [2.05, 4.69) is 15.3 Å². The molecule has 0 fully saturated rings. The van der Waals surface area contributed by atoms with Gasteiger partial charge in [-0.3, -0.25) is 4.98 Å². The van der Waals surface area contributed by atoms with E-state index in [1.165, 1.54) is 6.07 Å². The van der Waals surface area contributed by atoms with Gasteiger partial charge < -0.3 is 10.1 Å². The average Bonchev–Trinajstić information content (AvgIpc) is 2.73. The van der Waals surface area contributed by atoms with Crippen LogP contribution in [0, 0.1) is 5.82 Å². The van der Waals surface area contributed by atoms with Crippen molar-refractivity contribution >= 4 is 16.7 Å². The summed E-state index contributed by atoms with van der Waals surface area (Å²) in [5, 5.41) is 3.89. The first kappa shape index (κ1) is 18.8. The maximum atomic E-state index is 14.4. The van der Waals surface area contributed by atoms with Crippen LogP contribution in [0.5, 0.6) is 5.75 Å². The molecule has 0 saturated carbocycles. The highest BCUT2D eigenvalue weighted by Crippen LogP contribution is 2.37. The third kappa shape index (κ3) is 3.74. The standard InChI is InChI=1S/C23H21FN4O/c1-14(2)29-20-12-16(17-8-4-5-9-19(17)24)11-18-21(20)27-22(28-23(18)25-3)15-7-6-10-26-13-15/h4-14H,1-3H3,(H,25,27,28). The van der Waals surface area contributed by atoms with Gasteiger partial charge >= 0.3 is 0 Å². The zero-order valence-corrected chi connectivity index (χ0v) is 16.5. The van der Waals surface area contributed by atoms with Gasteiger partial charge in [0.1, 0.15) is 22.9 Å². The minimum absolute atomic E-state index is 0.0658. The Morgan fingerprint density at radius 1 is 1.00 bits per heavy atom. The van der Waals surface area contributed by atoms with Gasteiger partial charge in [-0.2, -0.15) is 0 Å². The lowest BCUT2D eigenvalue weighted by atomic mass is 10.0. The summed E-state index contributed by atoms with van der Waals surface area (Å²) in [6.07, 6.45) is 3.36. The van der Waals surface area contributed by atoms with Crippen LogP contribution in [0.2, 0.25) is 0 Å². The Labute approximate surface area is 168 Å². The first-order valence-electron chi connectivity index (χ1n) is 9.42. The van der Waals surface area contributed by atoms with Crippen LogP contribution in [0.3, 0.4) is 0 Å². The first-order valence-corrected chi connectivity index (χ1v) is 9.42. The van der Waals surface area contributed by atoms with Crippen LogP contribution >= 0.6 is 0 Å². The molecular formula is C23H21FN4O. The van der Waals surface area contributed by atoms with Gasteiger partial charge in [-0.15, -0.1) is 0 Å². The van der Waals surface area contributed by atoms with E-state index in [0.717, 1.165) is 10.9 Å². The van der Waals surface area contributed by atoms with E-state index >= 15 is 0 Å². The Morgan fingerprint density at radius 2 is 1.83 bits per heavy atom. The molecule has 146 valence electrons. The molecule has 29 heavy (non-hydrogen) atoms. The highest BCUT2D eigenvalue weighted by molar-refractivity contribution is 5.97. The molecule has 0 spiro atoms. The first-order chi connectivity index (χ1) is 14.1. The van der Waals surface area contributed by atoms with Crippen LogP contribution in [-0.2, 0) is 0 Å². The lowest BCUT2D eigenvalue weighted by Crippen LogP contribution is -2.08. The van der Waals surface area contributed by atoms with Crippen molar-refractivity contribution in [2.75, 3.05) is 12.4 Å². The zero-order chi connectivity index (χ0) is 20.4. The maximum absolute atomic E-state index is 14.4. The molecule has 0 aliphatic rings. The number of anilines is 1. The third-order valence-electron chi connectivity index (χ3n) is 4.47. The van der Waals surface area contributed by atoms with Gasteiger partial charge in [0.2, 0.25) is 0 Å². The van der Waals surface area contributed by atoms with E-state index in [-0.39, 0.29) is 11.9 Å². The molecule has 5 nitrogen and oxygen atoms in total. The molecule has 0 bridgehead atoms. The quantitative estimate of drug-likeness (QED) is 0.501. The molecule has 0 atom stereocenters. The molecule has 4 rings (SSSR count). The maximum Gasteiger partial charge on any atom is 0.163 e.